The van der Waals surface area contributed by atoms with Crippen LogP contribution in [0, 0.1) is 20.8 Å². The largest absolute Gasteiger partial charge is 0.378 e. The van der Waals surface area contributed by atoms with E-state index in [2.05, 4.69) is 5.10 Å². The number of aryl methyl sites for hydroxylation is 3. The molecule has 0 radical (unpaired) electrons. The van der Waals surface area contributed by atoms with Gasteiger partial charge in [-0.1, -0.05) is 17.7 Å². The monoisotopic (exact) mass is 380 g/mol. The fourth-order valence-corrected chi connectivity index (χ4v) is 3.73. The van der Waals surface area contributed by atoms with Crippen LogP contribution in [-0.2, 0) is 16.1 Å². The number of morpholine rings is 1. The molecule has 1 aromatic carbocycles. The molecule has 0 saturated carbocycles. The Balaban J connectivity index is 1.86. The number of carbonyl (C=O) groups excluding carboxylic acids is 1. The van der Waals surface area contributed by atoms with Crippen molar-refractivity contribution >= 4 is 16.9 Å². The van der Waals surface area contributed by atoms with Crippen molar-refractivity contribution in [2.45, 2.75) is 27.3 Å². The Morgan fingerprint density at radius 3 is 2.46 bits per heavy atom. The Labute approximate surface area is 163 Å². The molecule has 0 N–H and O–H groups in total. The number of carbonyl (C=O) groups is 1. The first-order valence-corrected chi connectivity index (χ1v) is 9.48. The van der Waals surface area contributed by atoms with Crippen LogP contribution in [-0.4, -0.2) is 51.5 Å². The van der Waals surface area contributed by atoms with Gasteiger partial charge in [0.25, 0.3) is 5.56 Å². The van der Waals surface area contributed by atoms with Crippen molar-refractivity contribution in [1.29, 1.82) is 0 Å². The first-order valence-electron chi connectivity index (χ1n) is 9.48. The summed E-state index contributed by atoms with van der Waals surface area (Å²) in [6, 6.07) is 9.55. The first kappa shape index (κ1) is 18.4. The Bertz CT molecular complexity index is 1090. The van der Waals surface area contributed by atoms with Crippen LogP contribution in [0.5, 0.6) is 0 Å². The third kappa shape index (κ3) is 3.22. The highest BCUT2D eigenvalue weighted by Gasteiger charge is 2.22. The van der Waals surface area contributed by atoms with Crippen LogP contribution >= 0.6 is 0 Å². The summed E-state index contributed by atoms with van der Waals surface area (Å²) in [7, 11) is 0. The van der Waals surface area contributed by atoms with Gasteiger partial charge in [-0.25, -0.2) is 4.68 Å². The highest BCUT2D eigenvalue weighted by atomic mass is 16.5. The number of hydrogen-bond acceptors (Lipinski definition) is 4. The minimum atomic E-state index is -0.195. The maximum atomic E-state index is 12.8. The van der Waals surface area contributed by atoms with Crippen LogP contribution in [0.15, 0.2) is 35.1 Å². The average Bonchev–Trinajstić information content (AvgIpc) is 3.04. The summed E-state index contributed by atoms with van der Waals surface area (Å²) in [4.78, 5) is 27.4. The summed E-state index contributed by atoms with van der Waals surface area (Å²) in [5, 5.41) is 5.60. The second kappa shape index (κ2) is 7.24. The number of nitrogens with zero attached hydrogens (tertiary/aromatic N) is 4. The number of hydrogen-bond donors (Lipinski definition) is 0. The van der Waals surface area contributed by atoms with Crippen molar-refractivity contribution in [3.8, 4) is 5.69 Å². The third-order valence-electron chi connectivity index (χ3n) is 5.23. The van der Waals surface area contributed by atoms with E-state index in [9.17, 15) is 9.59 Å². The third-order valence-corrected chi connectivity index (χ3v) is 5.23. The number of pyridine rings is 1. The van der Waals surface area contributed by atoms with Crippen molar-refractivity contribution in [2.24, 2.45) is 0 Å². The molecule has 0 spiro atoms. The average molecular weight is 380 g/mol. The Morgan fingerprint density at radius 1 is 1.11 bits per heavy atom. The number of rotatable bonds is 3. The molecule has 0 unspecified atom stereocenters. The van der Waals surface area contributed by atoms with Gasteiger partial charge in [0.15, 0.2) is 0 Å². The zero-order chi connectivity index (χ0) is 19.8. The van der Waals surface area contributed by atoms with Crippen LogP contribution in [0.4, 0.5) is 0 Å². The van der Waals surface area contributed by atoms with Gasteiger partial charge < -0.3 is 9.64 Å². The van der Waals surface area contributed by atoms with Crippen molar-refractivity contribution in [3.63, 3.8) is 0 Å². The number of amides is 1. The van der Waals surface area contributed by atoms with E-state index in [1.807, 2.05) is 45.0 Å². The molecule has 0 bridgehead atoms. The van der Waals surface area contributed by atoms with E-state index >= 15 is 0 Å². The van der Waals surface area contributed by atoms with Crippen molar-refractivity contribution < 1.29 is 9.53 Å². The van der Waals surface area contributed by atoms with Gasteiger partial charge in [-0.05, 0) is 38.5 Å². The molecule has 3 aromatic rings. The highest BCUT2D eigenvalue weighted by molar-refractivity contribution is 5.85. The standard InChI is InChI=1S/C21H24N4O3/c1-14-4-6-17(7-5-14)25-21-20(16(3)22-25)15(2)12-18(26)24(21)13-19(27)23-8-10-28-11-9-23/h4-7,12H,8-11,13H2,1-3H3. The molecular weight excluding hydrogens is 356 g/mol. The number of aromatic nitrogens is 3. The summed E-state index contributed by atoms with van der Waals surface area (Å²) in [6.45, 7) is 8.03. The Hall–Kier alpha value is -2.93. The topological polar surface area (TPSA) is 69.4 Å². The maximum absolute atomic E-state index is 12.8. The van der Waals surface area contributed by atoms with Crippen LogP contribution < -0.4 is 5.56 Å². The molecule has 1 aliphatic heterocycles. The molecule has 0 aliphatic carbocycles. The fourth-order valence-electron chi connectivity index (χ4n) is 3.73. The molecule has 1 fully saturated rings. The minimum absolute atomic E-state index is 0.00733. The molecule has 1 aliphatic rings. The van der Waals surface area contributed by atoms with E-state index in [1.165, 1.54) is 0 Å². The number of benzene rings is 1. The van der Waals surface area contributed by atoms with Gasteiger partial charge in [0, 0.05) is 24.5 Å². The molecular formula is C21H24N4O3. The van der Waals surface area contributed by atoms with E-state index in [1.54, 1.807) is 20.2 Å². The minimum Gasteiger partial charge on any atom is -0.378 e. The van der Waals surface area contributed by atoms with Gasteiger partial charge in [-0.15, -0.1) is 0 Å². The van der Waals surface area contributed by atoms with Gasteiger partial charge in [-0.3, -0.25) is 14.2 Å². The fraction of sp³-hybridized carbons (Fsp3) is 0.381. The molecule has 2 aromatic heterocycles. The van der Waals surface area contributed by atoms with Crippen LogP contribution in [0.1, 0.15) is 16.8 Å². The molecule has 3 heterocycles. The van der Waals surface area contributed by atoms with E-state index in [0.717, 1.165) is 27.9 Å². The van der Waals surface area contributed by atoms with E-state index < -0.39 is 0 Å². The molecule has 1 saturated heterocycles. The smallest absolute Gasteiger partial charge is 0.252 e. The SMILES string of the molecule is Cc1ccc(-n2nc(C)c3c(C)cc(=O)n(CC(=O)N4CCOCC4)c32)cc1. The summed E-state index contributed by atoms with van der Waals surface area (Å²) < 4.78 is 8.63. The van der Waals surface area contributed by atoms with E-state index in [4.69, 9.17) is 4.74 Å². The van der Waals surface area contributed by atoms with Gasteiger partial charge in [0.2, 0.25) is 5.91 Å². The first-order chi connectivity index (χ1) is 13.5. The molecule has 7 nitrogen and oxygen atoms in total. The zero-order valence-corrected chi connectivity index (χ0v) is 16.4. The molecule has 4 rings (SSSR count). The zero-order valence-electron chi connectivity index (χ0n) is 16.4. The highest BCUT2D eigenvalue weighted by Crippen LogP contribution is 2.24. The van der Waals surface area contributed by atoms with Crippen LogP contribution in [0.3, 0.4) is 0 Å². The molecule has 146 valence electrons. The van der Waals surface area contributed by atoms with E-state index in [-0.39, 0.29) is 18.0 Å². The number of fused-ring (bicyclic) bond motifs is 1. The van der Waals surface area contributed by atoms with Gasteiger partial charge in [0.1, 0.15) is 12.2 Å². The van der Waals surface area contributed by atoms with Crippen molar-refractivity contribution in [2.75, 3.05) is 26.3 Å². The molecule has 28 heavy (non-hydrogen) atoms. The lowest BCUT2D eigenvalue weighted by molar-refractivity contribution is -0.135. The predicted octanol–water partition coefficient (Wildman–Crippen LogP) is 1.97. The summed E-state index contributed by atoms with van der Waals surface area (Å²) in [5.41, 5.74) is 4.17. The number of ether oxygens (including phenoxy) is 1. The van der Waals surface area contributed by atoms with Crippen LogP contribution in [0.2, 0.25) is 0 Å². The molecule has 1 amide bonds. The van der Waals surface area contributed by atoms with Crippen molar-refractivity contribution in [1.82, 2.24) is 19.2 Å². The normalized spacial score (nSPS) is 14.6. The quantitative estimate of drug-likeness (QED) is 0.697. The van der Waals surface area contributed by atoms with Gasteiger partial charge >= 0.3 is 0 Å². The summed E-state index contributed by atoms with van der Waals surface area (Å²) in [6.07, 6.45) is 0. The Kier molecular flexibility index (Phi) is 4.77. The second-order valence-corrected chi connectivity index (χ2v) is 7.28. The predicted molar refractivity (Wildman–Crippen MR) is 107 cm³/mol. The second-order valence-electron chi connectivity index (χ2n) is 7.28. The molecule has 7 heteroatoms. The van der Waals surface area contributed by atoms with Crippen molar-refractivity contribution in [3.05, 3.63) is 57.5 Å². The lowest BCUT2D eigenvalue weighted by atomic mass is 10.1. The maximum Gasteiger partial charge on any atom is 0.252 e. The lowest BCUT2D eigenvalue weighted by Gasteiger charge is -2.27. The van der Waals surface area contributed by atoms with Gasteiger partial charge in [-0.2, -0.15) is 5.10 Å². The Morgan fingerprint density at radius 2 is 1.79 bits per heavy atom. The van der Waals surface area contributed by atoms with Gasteiger partial charge in [0.05, 0.1) is 24.6 Å². The summed E-state index contributed by atoms with van der Waals surface area (Å²) in [5.74, 6) is -0.0788. The van der Waals surface area contributed by atoms with E-state index in [0.29, 0.717) is 32.0 Å². The van der Waals surface area contributed by atoms with Crippen LogP contribution in [0.25, 0.3) is 16.7 Å². The lowest BCUT2D eigenvalue weighted by Crippen LogP contribution is -2.43. The molecule has 0 atom stereocenters. The summed E-state index contributed by atoms with van der Waals surface area (Å²) >= 11 is 0.